The number of anilines is 1. The van der Waals surface area contributed by atoms with Crippen LogP contribution >= 0.6 is 0 Å². The van der Waals surface area contributed by atoms with Crippen LogP contribution in [-0.2, 0) is 0 Å². The minimum Gasteiger partial charge on any atom is -0.368 e. The molecule has 1 aliphatic heterocycles. The Balaban J connectivity index is 1.93. The maximum Gasteiger partial charge on any atom is 0.401 e. The molecule has 1 saturated heterocycles. The second-order valence-corrected chi connectivity index (χ2v) is 4.18. The lowest BCUT2D eigenvalue weighted by atomic mass is 10.3. The number of aromatic amines is 1. The first-order valence-electron chi connectivity index (χ1n) is 5.53. The number of rotatable bonds is 2. The fraction of sp³-hybridized carbons (Fsp3) is 0.600. The van der Waals surface area contributed by atoms with Crippen LogP contribution in [0.3, 0.4) is 0 Å². The standard InChI is InChI=1S/C10H13F3N4O/c11-10(12,13)7-16-1-3-17(4-2-16)8-5-9(18)15-14-6-8/h5-6H,1-4,7H2,(H,15,18). The van der Waals surface area contributed by atoms with E-state index in [4.69, 9.17) is 0 Å². The molecule has 0 radical (unpaired) electrons. The monoisotopic (exact) mass is 262 g/mol. The average Bonchev–Trinajstić information content (AvgIpc) is 2.28. The number of piperazine rings is 1. The van der Waals surface area contributed by atoms with Crippen LogP contribution in [0.25, 0.3) is 0 Å². The first-order valence-corrected chi connectivity index (χ1v) is 5.53. The second kappa shape index (κ2) is 4.97. The molecule has 0 amide bonds. The molecule has 0 bridgehead atoms. The summed E-state index contributed by atoms with van der Waals surface area (Å²) in [5.74, 6) is 0. The Morgan fingerprint density at radius 3 is 2.50 bits per heavy atom. The molecule has 0 unspecified atom stereocenters. The molecule has 2 rings (SSSR count). The van der Waals surface area contributed by atoms with Gasteiger partial charge in [-0.3, -0.25) is 9.69 Å². The van der Waals surface area contributed by atoms with Gasteiger partial charge in [0.1, 0.15) is 0 Å². The van der Waals surface area contributed by atoms with Crippen LogP contribution in [0, 0.1) is 0 Å². The van der Waals surface area contributed by atoms with Gasteiger partial charge < -0.3 is 4.90 Å². The molecule has 1 aromatic rings. The summed E-state index contributed by atoms with van der Waals surface area (Å²) in [6.45, 7) is 0.690. The van der Waals surface area contributed by atoms with Gasteiger partial charge in [-0.1, -0.05) is 0 Å². The largest absolute Gasteiger partial charge is 0.401 e. The summed E-state index contributed by atoms with van der Waals surface area (Å²) in [6, 6.07) is 1.40. The summed E-state index contributed by atoms with van der Waals surface area (Å²) in [5.41, 5.74) is 0.329. The first kappa shape index (κ1) is 12.9. The molecule has 0 aromatic carbocycles. The van der Waals surface area contributed by atoms with E-state index in [0.717, 1.165) is 0 Å². The molecule has 2 heterocycles. The normalized spacial score (nSPS) is 18.1. The Kier molecular flexibility index (Phi) is 3.55. The molecule has 18 heavy (non-hydrogen) atoms. The van der Waals surface area contributed by atoms with Crippen LogP contribution in [0.4, 0.5) is 18.9 Å². The van der Waals surface area contributed by atoms with E-state index in [-0.39, 0.29) is 5.56 Å². The van der Waals surface area contributed by atoms with Crippen molar-refractivity contribution in [3.8, 4) is 0 Å². The number of alkyl halides is 3. The topological polar surface area (TPSA) is 52.2 Å². The summed E-state index contributed by atoms with van der Waals surface area (Å²) in [5, 5.41) is 5.92. The van der Waals surface area contributed by atoms with Crippen molar-refractivity contribution in [2.75, 3.05) is 37.6 Å². The van der Waals surface area contributed by atoms with Crippen molar-refractivity contribution in [2.24, 2.45) is 0 Å². The van der Waals surface area contributed by atoms with E-state index in [1.165, 1.54) is 17.2 Å². The minimum absolute atomic E-state index is 0.315. The van der Waals surface area contributed by atoms with E-state index in [9.17, 15) is 18.0 Å². The Bertz CT molecular complexity index is 451. The zero-order valence-electron chi connectivity index (χ0n) is 9.57. The molecular formula is C10H13F3N4O. The second-order valence-electron chi connectivity index (χ2n) is 4.18. The first-order chi connectivity index (χ1) is 8.44. The van der Waals surface area contributed by atoms with E-state index in [1.54, 1.807) is 0 Å². The lowest BCUT2D eigenvalue weighted by molar-refractivity contribution is -0.146. The van der Waals surface area contributed by atoms with E-state index >= 15 is 0 Å². The lowest BCUT2D eigenvalue weighted by Gasteiger charge is -2.35. The molecule has 1 aliphatic rings. The molecule has 0 atom stereocenters. The number of nitrogens with zero attached hydrogens (tertiary/aromatic N) is 3. The number of aromatic nitrogens is 2. The third-order valence-corrected chi connectivity index (χ3v) is 2.79. The summed E-state index contributed by atoms with van der Waals surface area (Å²) >= 11 is 0. The molecule has 0 spiro atoms. The Hall–Kier alpha value is -1.57. The SMILES string of the molecule is O=c1cc(N2CCN(CC(F)(F)F)CC2)cn[nH]1. The molecule has 100 valence electrons. The van der Waals surface area contributed by atoms with Gasteiger partial charge in [0.05, 0.1) is 18.4 Å². The van der Waals surface area contributed by atoms with Crippen molar-refractivity contribution in [2.45, 2.75) is 6.18 Å². The summed E-state index contributed by atoms with van der Waals surface area (Å²) in [7, 11) is 0. The fourth-order valence-electron chi connectivity index (χ4n) is 1.96. The molecule has 8 heteroatoms. The van der Waals surface area contributed by atoms with Crippen molar-refractivity contribution in [3.05, 3.63) is 22.6 Å². The highest BCUT2D eigenvalue weighted by Gasteiger charge is 2.32. The molecule has 1 N–H and O–H groups in total. The Morgan fingerprint density at radius 1 is 1.28 bits per heavy atom. The Labute approximate surface area is 101 Å². The van der Waals surface area contributed by atoms with Gasteiger partial charge in [0, 0.05) is 32.2 Å². The van der Waals surface area contributed by atoms with Gasteiger partial charge in [0.2, 0.25) is 0 Å². The molecular weight excluding hydrogens is 249 g/mol. The van der Waals surface area contributed by atoms with E-state index in [0.29, 0.717) is 31.9 Å². The molecule has 5 nitrogen and oxygen atoms in total. The fourth-order valence-corrected chi connectivity index (χ4v) is 1.96. The van der Waals surface area contributed by atoms with Crippen LogP contribution < -0.4 is 10.5 Å². The highest BCUT2D eigenvalue weighted by Crippen LogP contribution is 2.19. The third kappa shape index (κ3) is 3.46. The van der Waals surface area contributed by atoms with Crippen molar-refractivity contribution in [3.63, 3.8) is 0 Å². The van der Waals surface area contributed by atoms with Crippen molar-refractivity contribution >= 4 is 5.69 Å². The highest BCUT2D eigenvalue weighted by atomic mass is 19.4. The molecule has 1 fully saturated rings. The highest BCUT2D eigenvalue weighted by molar-refractivity contribution is 5.43. The van der Waals surface area contributed by atoms with E-state index < -0.39 is 12.7 Å². The van der Waals surface area contributed by atoms with Crippen LogP contribution in [0.2, 0.25) is 0 Å². The van der Waals surface area contributed by atoms with E-state index in [1.807, 2.05) is 4.90 Å². The van der Waals surface area contributed by atoms with Gasteiger partial charge in [-0.05, 0) is 0 Å². The third-order valence-electron chi connectivity index (χ3n) is 2.79. The van der Waals surface area contributed by atoms with Crippen LogP contribution in [0.1, 0.15) is 0 Å². The number of nitrogens with one attached hydrogen (secondary N) is 1. The van der Waals surface area contributed by atoms with Gasteiger partial charge in [-0.25, -0.2) is 5.10 Å². The zero-order valence-corrected chi connectivity index (χ0v) is 9.57. The van der Waals surface area contributed by atoms with Crippen LogP contribution in [0.5, 0.6) is 0 Å². The minimum atomic E-state index is -4.16. The Morgan fingerprint density at radius 2 is 1.94 bits per heavy atom. The van der Waals surface area contributed by atoms with Crippen LogP contribution in [0.15, 0.2) is 17.1 Å². The van der Waals surface area contributed by atoms with Gasteiger partial charge in [0.25, 0.3) is 5.56 Å². The molecule has 0 saturated carbocycles. The van der Waals surface area contributed by atoms with Gasteiger partial charge >= 0.3 is 6.18 Å². The summed E-state index contributed by atoms with van der Waals surface area (Å²) < 4.78 is 36.6. The average molecular weight is 262 g/mol. The quantitative estimate of drug-likeness (QED) is 0.841. The number of hydrogen-bond acceptors (Lipinski definition) is 4. The van der Waals surface area contributed by atoms with E-state index in [2.05, 4.69) is 10.2 Å². The molecule has 0 aliphatic carbocycles. The van der Waals surface area contributed by atoms with Gasteiger partial charge in [-0.2, -0.15) is 18.3 Å². The maximum atomic E-state index is 12.2. The van der Waals surface area contributed by atoms with Gasteiger partial charge in [0.15, 0.2) is 0 Å². The maximum absolute atomic E-state index is 12.2. The predicted molar refractivity (Wildman–Crippen MR) is 59.6 cm³/mol. The summed E-state index contributed by atoms with van der Waals surface area (Å²) in [6.07, 6.45) is -2.66. The van der Waals surface area contributed by atoms with Crippen molar-refractivity contribution < 1.29 is 13.2 Å². The summed E-state index contributed by atoms with van der Waals surface area (Å²) in [4.78, 5) is 14.3. The lowest BCUT2D eigenvalue weighted by Crippen LogP contribution is -2.49. The zero-order chi connectivity index (χ0) is 13.2. The molecule has 1 aromatic heterocycles. The predicted octanol–water partition coefficient (Wildman–Crippen LogP) is 0.454. The number of H-pyrrole nitrogens is 1. The number of halogens is 3. The number of hydrogen-bond donors (Lipinski definition) is 1. The smallest absolute Gasteiger partial charge is 0.368 e. The van der Waals surface area contributed by atoms with Crippen LogP contribution in [-0.4, -0.2) is 54.0 Å². The van der Waals surface area contributed by atoms with Gasteiger partial charge in [-0.15, -0.1) is 0 Å². The van der Waals surface area contributed by atoms with Crippen molar-refractivity contribution in [1.29, 1.82) is 0 Å². The van der Waals surface area contributed by atoms with Crippen molar-refractivity contribution in [1.82, 2.24) is 15.1 Å².